The molecule has 3 rings (SSSR count). The number of nitro benzene ring substituents is 1. The van der Waals surface area contributed by atoms with Gasteiger partial charge in [0.05, 0.1) is 17.7 Å². The fourth-order valence-electron chi connectivity index (χ4n) is 3.14. The number of methoxy groups -OCH3 is 1. The first kappa shape index (κ1) is 18.2. The molecule has 0 spiro atoms. The molecular formula is C18H20N2O5S. The van der Waals surface area contributed by atoms with Crippen LogP contribution in [0.15, 0.2) is 35.2 Å². The Balaban J connectivity index is 2.04. The van der Waals surface area contributed by atoms with Gasteiger partial charge in [0, 0.05) is 12.1 Å². The number of ether oxygens (including phenoxy) is 1. The summed E-state index contributed by atoms with van der Waals surface area (Å²) in [4.78, 5) is 10.5. The Morgan fingerprint density at radius 3 is 2.38 bits per heavy atom. The average molecular weight is 376 g/mol. The van der Waals surface area contributed by atoms with Gasteiger partial charge in [-0.3, -0.25) is 14.8 Å². The Labute approximate surface area is 152 Å². The molecule has 0 saturated heterocycles. The molecule has 0 aliphatic heterocycles. The summed E-state index contributed by atoms with van der Waals surface area (Å²) in [5.41, 5.74) is 2.72. The Kier molecular flexibility index (Phi) is 4.86. The van der Waals surface area contributed by atoms with Gasteiger partial charge in [-0.1, -0.05) is 6.07 Å². The Bertz CT molecular complexity index is 970. The van der Waals surface area contributed by atoms with Gasteiger partial charge in [0.2, 0.25) is 0 Å². The van der Waals surface area contributed by atoms with Crippen molar-refractivity contribution in [1.29, 1.82) is 0 Å². The van der Waals surface area contributed by atoms with E-state index in [1.807, 2.05) is 0 Å². The van der Waals surface area contributed by atoms with Crippen molar-refractivity contribution in [2.75, 3.05) is 11.8 Å². The van der Waals surface area contributed by atoms with Gasteiger partial charge in [-0.15, -0.1) is 0 Å². The van der Waals surface area contributed by atoms with Crippen LogP contribution in [0.5, 0.6) is 5.75 Å². The van der Waals surface area contributed by atoms with E-state index < -0.39 is 14.9 Å². The summed E-state index contributed by atoms with van der Waals surface area (Å²) in [5, 5.41) is 11.0. The summed E-state index contributed by atoms with van der Waals surface area (Å²) >= 11 is 0. The van der Waals surface area contributed by atoms with Gasteiger partial charge >= 0.3 is 0 Å². The van der Waals surface area contributed by atoms with Crippen LogP contribution < -0.4 is 9.46 Å². The number of hydrogen-bond donors (Lipinski definition) is 1. The van der Waals surface area contributed by atoms with E-state index >= 15 is 0 Å². The lowest BCUT2D eigenvalue weighted by molar-refractivity contribution is -0.384. The maximum atomic E-state index is 12.9. The van der Waals surface area contributed by atoms with Crippen LogP contribution in [-0.4, -0.2) is 20.5 Å². The minimum atomic E-state index is -3.95. The number of rotatable bonds is 5. The van der Waals surface area contributed by atoms with E-state index in [0.717, 1.165) is 36.8 Å². The van der Waals surface area contributed by atoms with Gasteiger partial charge in [0.25, 0.3) is 15.7 Å². The molecule has 7 nitrogen and oxygen atoms in total. The molecule has 0 bridgehead atoms. The fourth-order valence-corrected chi connectivity index (χ4v) is 4.47. The largest absolute Gasteiger partial charge is 0.495 e. The van der Waals surface area contributed by atoms with Crippen LogP contribution >= 0.6 is 0 Å². The molecular weight excluding hydrogens is 356 g/mol. The predicted octanol–water partition coefficient (Wildman–Crippen LogP) is 3.59. The van der Waals surface area contributed by atoms with Crippen molar-refractivity contribution in [3.63, 3.8) is 0 Å². The second-order valence-corrected chi connectivity index (χ2v) is 7.99. The monoisotopic (exact) mass is 376 g/mol. The third kappa shape index (κ3) is 3.50. The highest BCUT2D eigenvalue weighted by Gasteiger charge is 2.24. The van der Waals surface area contributed by atoms with Crippen LogP contribution in [0, 0.1) is 17.0 Å². The van der Waals surface area contributed by atoms with Crippen molar-refractivity contribution in [2.45, 2.75) is 37.5 Å². The molecule has 8 heteroatoms. The van der Waals surface area contributed by atoms with Crippen LogP contribution in [0.3, 0.4) is 0 Å². The maximum Gasteiger partial charge on any atom is 0.271 e. The second-order valence-electron chi connectivity index (χ2n) is 6.34. The third-order valence-electron chi connectivity index (χ3n) is 4.59. The first-order valence-electron chi connectivity index (χ1n) is 8.29. The molecule has 0 atom stereocenters. The lowest BCUT2D eigenvalue weighted by Gasteiger charge is -2.20. The summed E-state index contributed by atoms with van der Waals surface area (Å²) < 4.78 is 33.6. The van der Waals surface area contributed by atoms with E-state index in [-0.39, 0.29) is 22.0 Å². The van der Waals surface area contributed by atoms with Crippen molar-refractivity contribution in [3.05, 3.63) is 57.1 Å². The Morgan fingerprint density at radius 2 is 1.77 bits per heavy atom. The lowest BCUT2D eigenvalue weighted by atomic mass is 9.92. The number of aryl methyl sites for hydroxylation is 3. The third-order valence-corrected chi connectivity index (χ3v) is 5.98. The minimum absolute atomic E-state index is 0.0477. The smallest absolute Gasteiger partial charge is 0.271 e. The lowest BCUT2D eigenvalue weighted by Crippen LogP contribution is -2.16. The number of anilines is 1. The van der Waals surface area contributed by atoms with Gasteiger partial charge in [-0.2, -0.15) is 0 Å². The normalized spacial score (nSPS) is 13.8. The molecule has 26 heavy (non-hydrogen) atoms. The van der Waals surface area contributed by atoms with Crippen molar-refractivity contribution >= 4 is 21.4 Å². The number of nitrogens with zero attached hydrogens (tertiary/aromatic N) is 1. The van der Waals surface area contributed by atoms with E-state index in [9.17, 15) is 18.5 Å². The molecule has 0 aromatic heterocycles. The molecule has 0 heterocycles. The van der Waals surface area contributed by atoms with Crippen molar-refractivity contribution in [2.24, 2.45) is 0 Å². The number of non-ortho nitro benzene ring substituents is 1. The van der Waals surface area contributed by atoms with E-state index in [2.05, 4.69) is 4.72 Å². The quantitative estimate of drug-likeness (QED) is 0.635. The summed E-state index contributed by atoms with van der Waals surface area (Å²) in [6, 6.07) is 7.51. The molecule has 1 N–H and O–H groups in total. The molecule has 1 aliphatic rings. The highest BCUT2D eigenvalue weighted by molar-refractivity contribution is 7.92. The van der Waals surface area contributed by atoms with E-state index in [0.29, 0.717) is 5.56 Å². The zero-order valence-electron chi connectivity index (χ0n) is 14.6. The van der Waals surface area contributed by atoms with Gasteiger partial charge in [0.15, 0.2) is 0 Å². The standard InChI is InChI=1S/C18H20N2O5S/c1-12-7-8-15(20(21)22)11-16(12)19-26(23,24)18-10-14-6-4-3-5-13(14)9-17(18)25-2/h7-11,19H,3-6H2,1-2H3. The molecule has 0 unspecified atom stereocenters. The summed E-state index contributed by atoms with van der Waals surface area (Å²) in [6.45, 7) is 1.69. The molecule has 1 aliphatic carbocycles. The van der Waals surface area contributed by atoms with Crippen LogP contribution in [0.25, 0.3) is 0 Å². The van der Waals surface area contributed by atoms with Gasteiger partial charge < -0.3 is 4.74 Å². The maximum absolute atomic E-state index is 12.9. The van der Waals surface area contributed by atoms with Crippen LogP contribution in [-0.2, 0) is 22.9 Å². The molecule has 0 saturated carbocycles. The van der Waals surface area contributed by atoms with Gasteiger partial charge in [0.1, 0.15) is 10.6 Å². The number of benzene rings is 2. The molecule has 138 valence electrons. The van der Waals surface area contributed by atoms with Crippen LogP contribution in [0.2, 0.25) is 0 Å². The number of fused-ring (bicyclic) bond motifs is 1. The predicted molar refractivity (Wildman–Crippen MR) is 98.3 cm³/mol. The molecule has 0 radical (unpaired) electrons. The van der Waals surface area contributed by atoms with E-state index in [1.165, 1.54) is 25.3 Å². The molecule has 0 fully saturated rings. The Morgan fingerprint density at radius 1 is 1.12 bits per heavy atom. The SMILES string of the molecule is COc1cc2c(cc1S(=O)(=O)Nc1cc([N+](=O)[O-])ccc1C)CCCC2. The minimum Gasteiger partial charge on any atom is -0.495 e. The molecule has 2 aromatic rings. The fraction of sp³-hybridized carbons (Fsp3) is 0.333. The first-order valence-corrected chi connectivity index (χ1v) is 9.78. The summed E-state index contributed by atoms with van der Waals surface area (Å²) in [6.07, 6.45) is 3.84. The summed E-state index contributed by atoms with van der Waals surface area (Å²) in [7, 11) is -2.52. The van der Waals surface area contributed by atoms with Crippen molar-refractivity contribution in [3.8, 4) is 5.75 Å². The van der Waals surface area contributed by atoms with Crippen LogP contribution in [0.1, 0.15) is 29.5 Å². The Hall–Kier alpha value is -2.61. The van der Waals surface area contributed by atoms with Crippen molar-refractivity contribution in [1.82, 2.24) is 0 Å². The van der Waals surface area contributed by atoms with Crippen LogP contribution in [0.4, 0.5) is 11.4 Å². The zero-order chi connectivity index (χ0) is 18.9. The van der Waals surface area contributed by atoms with Gasteiger partial charge in [-0.05, 0) is 61.4 Å². The highest BCUT2D eigenvalue weighted by Crippen LogP contribution is 2.33. The second kappa shape index (κ2) is 6.95. The summed E-state index contributed by atoms with van der Waals surface area (Å²) in [5.74, 6) is 0.279. The number of nitro groups is 1. The van der Waals surface area contributed by atoms with E-state index in [1.54, 1.807) is 19.1 Å². The van der Waals surface area contributed by atoms with Gasteiger partial charge in [-0.25, -0.2) is 8.42 Å². The number of hydrogen-bond acceptors (Lipinski definition) is 5. The average Bonchev–Trinajstić information content (AvgIpc) is 2.62. The highest BCUT2D eigenvalue weighted by atomic mass is 32.2. The van der Waals surface area contributed by atoms with Crippen molar-refractivity contribution < 1.29 is 18.1 Å². The molecule has 2 aromatic carbocycles. The molecule has 0 amide bonds. The number of nitrogens with one attached hydrogen (secondary N) is 1. The zero-order valence-corrected chi connectivity index (χ0v) is 15.4. The topological polar surface area (TPSA) is 98.5 Å². The number of sulfonamides is 1. The van der Waals surface area contributed by atoms with E-state index in [4.69, 9.17) is 4.74 Å². The first-order chi connectivity index (χ1) is 12.3.